The summed E-state index contributed by atoms with van der Waals surface area (Å²) in [5.41, 5.74) is 24.6. The number of benzene rings is 5. The van der Waals surface area contributed by atoms with Crippen molar-refractivity contribution in [2.45, 2.75) is 51.6 Å². The number of ether oxygens (including phenoxy) is 2. The lowest BCUT2D eigenvalue weighted by Crippen LogP contribution is -2.47. The van der Waals surface area contributed by atoms with Crippen LogP contribution in [-0.4, -0.2) is 124 Å². The molecular weight excluding hydrogens is 987 g/mol. The van der Waals surface area contributed by atoms with Crippen LogP contribution < -0.4 is 59.3 Å². The van der Waals surface area contributed by atoms with Crippen LogP contribution in [0.15, 0.2) is 127 Å². The van der Waals surface area contributed by atoms with Crippen LogP contribution in [0.3, 0.4) is 0 Å². The molecule has 0 saturated carbocycles. The number of nitrogen functional groups attached to an aromatic ring is 3. The minimum absolute atomic E-state index is 0.0705. The normalized spacial score (nSPS) is 13.6. The minimum Gasteiger partial charge on any atom is -0.467 e. The summed E-state index contributed by atoms with van der Waals surface area (Å²) >= 11 is 0. The molecule has 22 heteroatoms. The number of amides is 9. The number of methoxy groups -OCH3 is 1. The topological polar surface area (TPSA) is 310 Å². The van der Waals surface area contributed by atoms with E-state index in [1.165, 1.54) is 22.5 Å². The summed E-state index contributed by atoms with van der Waals surface area (Å²) in [6, 6.07) is 37.2. The number of esters is 1. The zero-order valence-electron chi connectivity index (χ0n) is 43.6. The van der Waals surface area contributed by atoms with E-state index in [1.54, 1.807) is 43.4 Å². The summed E-state index contributed by atoms with van der Waals surface area (Å²) < 4.78 is 10.1. The highest BCUT2D eigenvalue weighted by molar-refractivity contribution is 5.96. The maximum Gasteiger partial charge on any atom is 0.328 e. The predicted octanol–water partition coefficient (Wildman–Crippen LogP) is 3.18. The fourth-order valence-corrected chi connectivity index (χ4v) is 7.69. The first-order valence-electron chi connectivity index (χ1n) is 25.1. The quantitative estimate of drug-likeness (QED) is 0.0446. The van der Waals surface area contributed by atoms with Crippen LogP contribution >= 0.6 is 0 Å². The lowest BCUT2D eigenvalue weighted by molar-refractivity contribution is -0.150. The Balaban J connectivity index is 0.000000216. The van der Waals surface area contributed by atoms with E-state index in [1.807, 2.05) is 78.9 Å². The van der Waals surface area contributed by atoms with Gasteiger partial charge in [-0.05, 0) is 89.2 Å². The molecule has 2 aliphatic heterocycles. The van der Waals surface area contributed by atoms with Crippen LogP contribution in [0.25, 0.3) is 0 Å². The minimum atomic E-state index is -0.554. The third kappa shape index (κ3) is 21.8. The number of nitrogens with two attached hydrogens (primary N) is 3. The molecule has 7 rings (SSSR count). The number of nitrogens with zero attached hydrogens (tertiary/aromatic N) is 3. The van der Waals surface area contributed by atoms with Gasteiger partial charge in [-0.3, -0.25) is 19.3 Å². The first-order chi connectivity index (χ1) is 37.1. The van der Waals surface area contributed by atoms with Gasteiger partial charge < -0.3 is 73.7 Å². The molecule has 0 radical (unpaired) electrons. The molecule has 9 amide bonds. The second-order valence-corrected chi connectivity index (χ2v) is 17.9. The molecular formula is C55H71N13O9. The lowest BCUT2D eigenvalue weighted by Gasteiger charge is -2.26. The van der Waals surface area contributed by atoms with E-state index in [0.29, 0.717) is 56.2 Å². The van der Waals surface area contributed by atoms with Crippen molar-refractivity contribution >= 4 is 64.5 Å². The Morgan fingerprint density at radius 2 is 1.04 bits per heavy atom. The smallest absolute Gasteiger partial charge is 0.328 e. The Morgan fingerprint density at radius 1 is 0.558 bits per heavy atom. The molecule has 0 aromatic heterocycles. The Hall–Kier alpha value is -8.89. The van der Waals surface area contributed by atoms with Gasteiger partial charge >= 0.3 is 24.1 Å². The van der Waals surface area contributed by atoms with E-state index in [-0.39, 0.29) is 37.4 Å². The Labute approximate surface area is 448 Å². The monoisotopic (exact) mass is 1060 g/mol. The van der Waals surface area contributed by atoms with Crippen molar-refractivity contribution < 1.29 is 43.0 Å². The third-order valence-electron chi connectivity index (χ3n) is 12.1. The maximum atomic E-state index is 12.2. The summed E-state index contributed by atoms with van der Waals surface area (Å²) in [4.78, 5) is 88.5. The molecule has 410 valence electrons. The lowest BCUT2D eigenvalue weighted by atomic mass is 10.1. The standard InChI is InChI=1S/C22H29N5O3.C17H20N4O2.C16H22N4O4/c23-20-6-4-17(5-7-20)13-25-22(29)26-15-21(28)24-14-18-2-1-3-19(12-18)16-27-8-10-30-11-9-27;1-21(15-5-3-2-4-6-15)16(22)12-20-17(23)19-11-13-7-9-14(18)10-8-13;1-24-15(22)13-3-2-8-20(13)14(21)10-19-16(23)18-9-11-4-6-12(17)7-5-11/h1-7,12H,8-11,13-16,23H2,(H,24,28)(H2,25,26,29);2-10H,11-12,18H2,1H3,(H2,19,20,23);4-7,13H,2-3,8-10,17H2,1H3,(H2,18,19,23)/t;;13-/m..1/s1. The summed E-state index contributed by atoms with van der Waals surface area (Å²) in [5, 5.41) is 18.5. The van der Waals surface area contributed by atoms with Crippen LogP contribution in [0.5, 0.6) is 0 Å². The van der Waals surface area contributed by atoms with Gasteiger partial charge in [0.05, 0.1) is 40.0 Å². The number of nitrogens with one attached hydrogen (secondary N) is 7. The molecule has 5 aromatic carbocycles. The van der Waals surface area contributed by atoms with Crippen molar-refractivity contribution in [2.75, 3.05) is 88.7 Å². The molecule has 0 unspecified atom stereocenters. The van der Waals surface area contributed by atoms with E-state index < -0.39 is 30.1 Å². The van der Waals surface area contributed by atoms with E-state index in [9.17, 15) is 33.6 Å². The molecule has 5 aromatic rings. The number of likely N-dealkylation sites (tertiary alicyclic amines) is 1. The molecule has 77 heavy (non-hydrogen) atoms. The van der Waals surface area contributed by atoms with Crippen LogP contribution in [0.2, 0.25) is 0 Å². The molecule has 2 heterocycles. The maximum absolute atomic E-state index is 12.2. The Morgan fingerprint density at radius 3 is 1.56 bits per heavy atom. The van der Waals surface area contributed by atoms with E-state index in [4.69, 9.17) is 26.7 Å². The van der Waals surface area contributed by atoms with Gasteiger partial charge in [0.15, 0.2) is 0 Å². The second kappa shape index (κ2) is 31.8. The second-order valence-electron chi connectivity index (χ2n) is 17.9. The zero-order chi connectivity index (χ0) is 55.4. The molecule has 1 atom stereocenters. The van der Waals surface area contributed by atoms with E-state index >= 15 is 0 Å². The third-order valence-corrected chi connectivity index (χ3v) is 12.1. The Bertz CT molecular complexity index is 2670. The number of hydrogen-bond acceptors (Lipinski definition) is 13. The number of hydrogen-bond donors (Lipinski definition) is 10. The number of rotatable bonds is 18. The van der Waals surface area contributed by atoms with Gasteiger partial charge in [0.2, 0.25) is 17.7 Å². The number of morpholine rings is 1. The molecule has 13 N–H and O–H groups in total. The molecule has 2 aliphatic rings. The number of carbonyl (C=O) groups excluding carboxylic acids is 7. The number of urea groups is 3. The predicted molar refractivity (Wildman–Crippen MR) is 294 cm³/mol. The molecule has 2 saturated heterocycles. The number of carbonyl (C=O) groups is 7. The van der Waals surface area contributed by atoms with Crippen molar-refractivity contribution in [1.29, 1.82) is 0 Å². The Kier molecular flexibility index (Phi) is 24.3. The fraction of sp³-hybridized carbons (Fsp3) is 0.327. The van der Waals surface area contributed by atoms with E-state index in [0.717, 1.165) is 67.2 Å². The molecule has 0 bridgehead atoms. The SMILES string of the molecule is CN(C(=O)CNC(=O)NCc1ccc(N)cc1)c1ccccc1.COC(=O)[C@H]1CCCN1C(=O)CNC(=O)NCc1ccc(N)cc1.Nc1ccc(CNC(=O)NCC(=O)NCc2cccc(CN3CCOCC3)c2)cc1. The molecule has 22 nitrogen and oxygen atoms in total. The number of para-hydroxylation sites is 1. The van der Waals surface area contributed by atoms with Crippen molar-refractivity contribution in [3.63, 3.8) is 0 Å². The van der Waals surface area contributed by atoms with Crippen molar-refractivity contribution in [3.05, 3.63) is 155 Å². The first-order valence-corrected chi connectivity index (χ1v) is 25.1. The van der Waals surface area contributed by atoms with Gasteiger partial charge in [-0.15, -0.1) is 0 Å². The van der Waals surface area contributed by atoms with Gasteiger partial charge in [-0.25, -0.2) is 19.2 Å². The number of anilines is 4. The molecule has 2 fully saturated rings. The molecule has 0 aliphatic carbocycles. The van der Waals surface area contributed by atoms with E-state index in [2.05, 4.69) is 54.3 Å². The van der Waals surface area contributed by atoms with Crippen molar-refractivity contribution in [1.82, 2.24) is 47.0 Å². The van der Waals surface area contributed by atoms with Crippen LogP contribution in [0.4, 0.5) is 37.1 Å². The molecule has 0 spiro atoms. The van der Waals surface area contributed by atoms with Gasteiger partial charge in [0.25, 0.3) is 0 Å². The van der Waals surface area contributed by atoms with Crippen LogP contribution in [-0.2, 0) is 61.4 Å². The first kappa shape index (κ1) is 59.0. The highest BCUT2D eigenvalue weighted by Crippen LogP contribution is 2.18. The highest BCUT2D eigenvalue weighted by Gasteiger charge is 2.34. The average molecular weight is 1060 g/mol. The van der Waals surface area contributed by atoms with Gasteiger partial charge in [0.1, 0.15) is 6.04 Å². The highest BCUT2D eigenvalue weighted by atomic mass is 16.5. The summed E-state index contributed by atoms with van der Waals surface area (Å²) in [5.74, 6) is -1.16. The fourth-order valence-electron chi connectivity index (χ4n) is 7.69. The zero-order valence-corrected chi connectivity index (χ0v) is 43.6. The van der Waals surface area contributed by atoms with Crippen molar-refractivity contribution in [3.8, 4) is 0 Å². The van der Waals surface area contributed by atoms with Gasteiger partial charge in [0, 0.05) is 82.2 Å². The summed E-state index contributed by atoms with van der Waals surface area (Å²) in [7, 11) is 2.97. The summed E-state index contributed by atoms with van der Waals surface area (Å²) in [6.07, 6.45) is 1.33. The average Bonchev–Trinajstić information content (AvgIpc) is 3.96. The van der Waals surface area contributed by atoms with Gasteiger partial charge in [-0.2, -0.15) is 0 Å². The van der Waals surface area contributed by atoms with Gasteiger partial charge in [-0.1, -0.05) is 78.9 Å². The number of likely N-dealkylation sites (N-methyl/N-ethyl adjacent to an activating group) is 1. The van der Waals surface area contributed by atoms with Crippen LogP contribution in [0, 0.1) is 0 Å². The largest absolute Gasteiger partial charge is 0.467 e. The van der Waals surface area contributed by atoms with Crippen molar-refractivity contribution in [2.24, 2.45) is 0 Å². The summed E-state index contributed by atoms with van der Waals surface area (Å²) in [6.45, 7) is 5.96. The van der Waals surface area contributed by atoms with Crippen LogP contribution in [0.1, 0.15) is 40.7 Å².